The highest BCUT2D eigenvalue weighted by atomic mass is 79.9. The molecular weight excluding hydrogens is 398 g/mol. The molecule has 0 amide bonds. The third-order valence-electron chi connectivity index (χ3n) is 2.91. The summed E-state index contributed by atoms with van der Waals surface area (Å²) in [6.07, 6.45) is 0. The minimum Gasteiger partial charge on any atom is -0.492 e. The lowest BCUT2D eigenvalue weighted by Crippen LogP contribution is -2.02. The quantitative estimate of drug-likeness (QED) is 0.701. The van der Waals surface area contributed by atoms with Gasteiger partial charge in [-0.05, 0) is 64.8 Å². The van der Waals surface area contributed by atoms with E-state index >= 15 is 0 Å². The Balaban J connectivity index is 2.14. The van der Waals surface area contributed by atoms with Crippen LogP contribution in [0.3, 0.4) is 0 Å². The van der Waals surface area contributed by atoms with Crippen molar-refractivity contribution < 1.29 is 9.47 Å². The second kappa shape index (κ2) is 7.71. The molecule has 2 aromatic carbocycles. The Morgan fingerprint density at radius 3 is 2.43 bits per heavy atom. The highest BCUT2D eigenvalue weighted by Crippen LogP contribution is 2.36. The van der Waals surface area contributed by atoms with E-state index in [2.05, 4.69) is 37.2 Å². The first kappa shape index (κ1) is 16.2. The molecule has 0 atom stereocenters. The van der Waals surface area contributed by atoms with Gasteiger partial charge in [0.2, 0.25) is 0 Å². The van der Waals surface area contributed by atoms with Gasteiger partial charge in [0.1, 0.15) is 0 Å². The SMILES string of the molecule is CCOc1cc(CNc2ccc(Br)cc2)cc(Br)c1OC. The van der Waals surface area contributed by atoms with Crippen molar-refractivity contribution in [3.63, 3.8) is 0 Å². The Hall–Kier alpha value is -1.20. The summed E-state index contributed by atoms with van der Waals surface area (Å²) in [6.45, 7) is 3.27. The third kappa shape index (κ3) is 4.38. The maximum absolute atomic E-state index is 5.63. The predicted octanol–water partition coefficient (Wildman–Crippen LogP) is 5.23. The third-order valence-corrected chi connectivity index (χ3v) is 4.03. The number of nitrogens with one attached hydrogen (secondary N) is 1. The Labute approximate surface area is 141 Å². The lowest BCUT2D eigenvalue weighted by Gasteiger charge is -2.14. The molecule has 21 heavy (non-hydrogen) atoms. The van der Waals surface area contributed by atoms with Gasteiger partial charge in [-0.1, -0.05) is 15.9 Å². The highest BCUT2D eigenvalue weighted by molar-refractivity contribution is 9.10. The summed E-state index contributed by atoms with van der Waals surface area (Å²) in [5.74, 6) is 1.48. The Kier molecular flexibility index (Phi) is 5.94. The molecule has 0 aliphatic rings. The molecule has 0 bridgehead atoms. The number of hydrogen-bond acceptors (Lipinski definition) is 3. The zero-order valence-electron chi connectivity index (χ0n) is 12.0. The molecular formula is C16H17Br2NO2. The molecule has 2 rings (SSSR count). The van der Waals surface area contributed by atoms with E-state index < -0.39 is 0 Å². The summed E-state index contributed by atoms with van der Waals surface area (Å²) in [7, 11) is 1.64. The Morgan fingerprint density at radius 1 is 1.10 bits per heavy atom. The van der Waals surface area contributed by atoms with Crippen LogP contribution < -0.4 is 14.8 Å². The molecule has 0 saturated carbocycles. The minimum absolute atomic E-state index is 0.604. The van der Waals surface area contributed by atoms with E-state index in [-0.39, 0.29) is 0 Å². The first-order valence-corrected chi connectivity index (χ1v) is 8.21. The van der Waals surface area contributed by atoms with Gasteiger partial charge in [0.15, 0.2) is 11.5 Å². The fourth-order valence-electron chi connectivity index (χ4n) is 1.96. The van der Waals surface area contributed by atoms with Crippen molar-refractivity contribution in [1.82, 2.24) is 0 Å². The van der Waals surface area contributed by atoms with Gasteiger partial charge >= 0.3 is 0 Å². The standard InChI is InChI=1S/C16H17Br2NO2/c1-3-21-15-9-11(8-14(18)16(15)20-2)10-19-13-6-4-12(17)5-7-13/h4-9,19H,3,10H2,1-2H3. The van der Waals surface area contributed by atoms with Crippen molar-refractivity contribution in [3.05, 3.63) is 50.9 Å². The lowest BCUT2D eigenvalue weighted by atomic mass is 10.2. The summed E-state index contributed by atoms with van der Waals surface area (Å²) >= 11 is 6.95. The molecule has 3 nitrogen and oxygen atoms in total. The number of hydrogen-bond donors (Lipinski definition) is 1. The first-order chi connectivity index (χ1) is 10.1. The van der Waals surface area contributed by atoms with Gasteiger partial charge in [0.05, 0.1) is 18.2 Å². The second-order valence-corrected chi connectivity index (χ2v) is 6.17. The largest absolute Gasteiger partial charge is 0.492 e. The lowest BCUT2D eigenvalue weighted by molar-refractivity contribution is 0.309. The van der Waals surface area contributed by atoms with E-state index in [1.54, 1.807) is 7.11 Å². The molecule has 0 aliphatic heterocycles. The molecule has 2 aromatic rings. The fraction of sp³-hybridized carbons (Fsp3) is 0.250. The number of rotatable bonds is 6. The number of benzene rings is 2. The Bertz CT molecular complexity index is 600. The number of ether oxygens (including phenoxy) is 2. The maximum atomic E-state index is 5.63. The Morgan fingerprint density at radius 2 is 1.81 bits per heavy atom. The molecule has 5 heteroatoms. The van der Waals surface area contributed by atoms with Crippen LogP contribution in [0.25, 0.3) is 0 Å². The molecule has 0 aromatic heterocycles. The van der Waals surface area contributed by atoms with Crippen LogP contribution in [0.4, 0.5) is 5.69 Å². The number of methoxy groups -OCH3 is 1. The normalized spacial score (nSPS) is 10.3. The van der Waals surface area contributed by atoms with Crippen molar-refractivity contribution >= 4 is 37.5 Å². The van der Waals surface area contributed by atoms with Gasteiger partial charge in [-0.2, -0.15) is 0 Å². The van der Waals surface area contributed by atoms with Crippen molar-refractivity contribution in [2.75, 3.05) is 19.0 Å². The van der Waals surface area contributed by atoms with Gasteiger partial charge in [0.25, 0.3) is 0 Å². The molecule has 0 aliphatic carbocycles. The molecule has 0 fully saturated rings. The van der Waals surface area contributed by atoms with Gasteiger partial charge < -0.3 is 14.8 Å². The van der Waals surface area contributed by atoms with Gasteiger partial charge in [0, 0.05) is 16.7 Å². The van der Waals surface area contributed by atoms with Gasteiger partial charge in [-0.3, -0.25) is 0 Å². The molecule has 112 valence electrons. The summed E-state index contributed by atoms with van der Waals surface area (Å²) in [4.78, 5) is 0. The van der Waals surface area contributed by atoms with Crippen LogP contribution in [0, 0.1) is 0 Å². The summed E-state index contributed by atoms with van der Waals surface area (Å²) in [5.41, 5.74) is 2.19. The molecule has 0 heterocycles. The van der Waals surface area contributed by atoms with E-state index in [4.69, 9.17) is 9.47 Å². The predicted molar refractivity (Wildman–Crippen MR) is 93.3 cm³/mol. The first-order valence-electron chi connectivity index (χ1n) is 6.62. The minimum atomic E-state index is 0.604. The average molecular weight is 415 g/mol. The van der Waals surface area contributed by atoms with E-state index in [0.29, 0.717) is 13.2 Å². The van der Waals surface area contributed by atoms with Gasteiger partial charge in [-0.15, -0.1) is 0 Å². The van der Waals surface area contributed by atoms with Gasteiger partial charge in [-0.25, -0.2) is 0 Å². The fourth-order valence-corrected chi connectivity index (χ4v) is 2.87. The van der Waals surface area contributed by atoms with E-state index in [9.17, 15) is 0 Å². The van der Waals surface area contributed by atoms with E-state index in [1.807, 2.05) is 43.3 Å². The number of halogens is 2. The van der Waals surface area contributed by atoms with Crippen LogP contribution in [-0.4, -0.2) is 13.7 Å². The van der Waals surface area contributed by atoms with Crippen LogP contribution in [0.2, 0.25) is 0 Å². The van der Waals surface area contributed by atoms with Crippen molar-refractivity contribution in [2.24, 2.45) is 0 Å². The zero-order valence-corrected chi connectivity index (χ0v) is 15.1. The van der Waals surface area contributed by atoms with Crippen LogP contribution in [0.15, 0.2) is 45.3 Å². The van der Waals surface area contributed by atoms with Crippen LogP contribution in [-0.2, 0) is 6.54 Å². The molecule has 0 saturated heterocycles. The van der Waals surface area contributed by atoms with Crippen LogP contribution in [0.5, 0.6) is 11.5 Å². The van der Waals surface area contributed by atoms with E-state index in [1.165, 1.54) is 0 Å². The van der Waals surface area contributed by atoms with Crippen molar-refractivity contribution in [1.29, 1.82) is 0 Å². The molecule has 0 unspecified atom stereocenters. The average Bonchev–Trinajstić information content (AvgIpc) is 2.47. The van der Waals surface area contributed by atoms with Crippen LogP contribution in [0.1, 0.15) is 12.5 Å². The second-order valence-electron chi connectivity index (χ2n) is 4.40. The smallest absolute Gasteiger partial charge is 0.174 e. The van der Waals surface area contributed by atoms with E-state index in [0.717, 1.165) is 31.7 Å². The van der Waals surface area contributed by atoms with Crippen LogP contribution >= 0.6 is 31.9 Å². The molecule has 0 radical (unpaired) electrons. The zero-order chi connectivity index (χ0) is 15.2. The summed E-state index contributed by atoms with van der Waals surface area (Å²) < 4.78 is 13.0. The monoisotopic (exact) mass is 413 g/mol. The van der Waals surface area contributed by atoms with Crippen molar-refractivity contribution in [3.8, 4) is 11.5 Å². The number of anilines is 1. The van der Waals surface area contributed by atoms with Crippen molar-refractivity contribution in [2.45, 2.75) is 13.5 Å². The maximum Gasteiger partial charge on any atom is 0.174 e. The molecule has 1 N–H and O–H groups in total. The topological polar surface area (TPSA) is 30.5 Å². The molecule has 0 spiro atoms. The summed E-state index contributed by atoms with van der Waals surface area (Å²) in [6, 6.07) is 12.1. The highest BCUT2D eigenvalue weighted by Gasteiger charge is 2.11. The summed E-state index contributed by atoms with van der Waals surface area (Å²) in [5, 5.41) is 3.38.